The van der Waals surface area contributed by atoms with E-state index in [2.05, 4.69) is 44.6 Å². The lowest BCUT2D eigenvalue weighted by atomic mass is 9.79. The van der Waals surface area contributed by atoms with Gasteiger partial charge in [0.05, 0.1) is 28.0 Å². The van der Waals surface area contributed by atoms with Crippen molar-refractivity contribution in [2.45, 2.75) is 115 Å². The van der Waals surface area contributed by atoms with Crippen molar-refractivity contribution in [2.24, 2.45) is 11.3 Å². The van der Waals surface area contributed by atoms with Crippen LogP contribution < -0.4 is 10.1 Å². The minimum atomic E-state index is -4.48. The molecule has 0 aromatic heterocycles. The highest BCUT2D eigenvalue weighted by Crippen LogP contribution is 2.37. The molecule has 1 amide bonds. The van der Waals surface area contributed by atoms with Crippen LogP contribution in [-0.2, 0) is 30.7 Å². The summed E-state index contributed by atoms with van der Waals surface area (Å²) in [6.45, 7) is 23.1. The van der Waals surface area contributed by atoms with Gasteiger partial charge >= 0.3 is 11.8 Å². The minimum absolute atomic E-state index is 0.0166. The summed E-state index contributed by atoms with van der Waals surface area (Å²) in [6, 6.07) is 12.7. The summed E-state index contributed by atoms with van der Waals surface area (Å²) in [7, 11) is -7.27. The number of hydrogen-bond donors (Lipinski definition) is 2. The summed E-state index contributed by atoms with van der Waals surface area (Å²) in [5, 5.41) is 24.9. The lowest BCUT2D eigenvalue weighted by Gasteiger charge is -2.46. The van der Waals surface area contributed by atoms with Crippen LogP contribution in [0.2, 0.25) is 51.4 Å². The fourth-order valence-corrected chi connectivity index (χ4v) is 9.19. The molecule has 1 unspecified atom stereocenters. The topological polar surface area (TPSA) is 167 Å². The normalized spacial score (nSPS) is 14.6. The molecule has 0 aliphatic rings. The van der Waals surface area contributed by atoms with Gasteiger partial charge in [-0.15, -0.1) is 0 Å². The fourth-order valence-electron chi connectivity index (χ4n) is 5.68. The summed E-state index contributed by atoms with van der Waals surface area (Å²) in [5.74, 6) is -0.302. The summed E-state index contributed by atoms with van der Waals surface area (Å²) < 4.78 is 54.6. The number of nitrogens with one attached hydrogen (secondary N) is 1. The van der Waals surface area contributed by atoms with Gasteiger partial charge in [-0.1, -0.05) is 104 Å². The third-order valence-corrected chi connectivity index (χ3v) is 13.7. The van der Waals surface area contributed by atoms with Crippen LogP contribution in [0.1, 0.15) is 40.2 Å². The Kier molecular flexibility index (Phi) is 17.6. The zero-order chi connectivity index (χ0) is 40.2. The molecule has 2 aromatic carbocycles. The SMILES string of the molecule is CC(C)CN(C([C@H](OCOCC[Si](C)(C)C)[C@H](Cc1ccccc1)NC(=O)O)C(C)(C)C)S(=O)(=O)c1ccc(OCOCC[Si](C)(C)C)c([N+](=O)[O-])c1. The highest BCUT2D eigenvalue weighted by atomic mass is 32.2. The van der Waals surface area contributed by atoms with Crippen LogP contribution in [0.15, 0.2) is 53.4 Å². The van der Waals surface area contributed by atoms with Crippen molar-refractivity contribution in [2.75, 3.05) is 33.3 Å². The van der Waals surface area contributed by atoms with Crippen molar-refractivity contribution in [1.29, 1.82) is 0 Å². The summed E-state index contributed by atoms with van der Waals surface area (Å²) in [6.07, 6.45) is -2.13. The number of carboxylic acid groups (broad SMARTS) is 1. The monoisotopic (exact) mass is 797 g/mol. The highest BCUT2D eigenvalue weighted by Gasteiger charge is 2.47. The zero-order valence-electron chi connectivity index (χ0n) is 33.5. The first kappa shape index (κ1) is 46.3. The number of rotatable bonds is 23. The third-order valence-electron chi connectivity index (χ3n) is 8.43. The number of nitro benzene ring substituents is 1. The van der Waals surface area contributed by atoms with Gasteiger partial charge in [0.1, 0.15) is 6.79 Å². The molecule has 0 aliphatic carbocycles. The lowest BCUT2D eigenvalue weighted by molar-refractivity contribution is -0.386. The van der Waals surface area contributed by atoms with E-state index < -0.39 is 66.5 Å². The van der Waals surface area contributed by atoms with E-state index in [0.717, 1.165) is 23.7 Å². The molecule has 13 nitrogen and oxygen atoms in total. The van der Waals surface area contributed by atoms with Gasteiger partial charge in [0.15, 0.2) is 12.5 Å². The molecule has 0 heterocycles. The Morgan fingerprint density at radius 2 is 1.51 bits per heavy atom. The molecule has 0 fully saturated rings. The second kappa shape index (κ2) is 20.2. The Balaban J connectivity index is 2.67. The predicted octanol–water partition coefficient (Wildman–Crippen LogP) is 7.92. The van der Waals surface area contributed by atoms with Gasteiger partial charge in [-0.2, -0.15) is 4.31 Å². The first-order valence-electron chi connectivity index (χ1n) is 18.2. The molecule has 53 heavy (non-hydrogen) atoms. The van der Waals surface area contributed by atoms with Crippen LogP contribution in [0.25, 0.3) is 0 Å². The second-order valence-corrected chi connectivity index (χ2v) is 30.5. The number of amides is 1. The first-order valence-corrected chi connectivity index (χ1v) is 27.0. The van der Waals surface area contributed by atoms with E-state index in [1.54, 1.807) is 0 Å². The summed E-state index contributed by atoms with van der Waals surface area (Å²) in [4.78, 5) is 23.6. The van der Waals surface area contributed by atoms with Crippen LogP contribution in [0.4, 0.5) is 10.5 Å². The van der Waals surface area contributed by atoms with E-state index in [0.29, 0.717) is 13.2 Å². The molecule has 0 saturated heterocycles. The third kappa shape index (κ3) is 16.2. The first-order chi connectivity index (χ1) is 24.4. The van der Waals surface area contributed by atoms with Gasteiger partial charge in [-0.25, -0.2) is 13.2 Å². The second-order valence-electron chi connectivity index (χ2n) is 17.4. The van der Waals surface area contributed by atoms with Crippen molar-refractivity contribution in [3.05, 3.63) is 64.2 Å². The number of sulfonamides is 1. The van der Waals surface area contributed by atoms with Gasteiger partial charge in [0, 0.05) is 42.0 Å². The van der Waals surface area contributed by atoms with E-state index in [4.69, 9.17) is 18.9 Å². The quantitative estimate of drug-likeness (QED) is 0.0371. The number of nitro groups is 1. The van der Waals surface area contributed by atoms with E-state index in [1.807, 2.05) is 65.0 Å². The number of benzene rings is 2. The van der Waals surface area contributed by atoms with Gasteiger partial charge in [-0.3, -0.25) is 10.1 Å². The summed E-state index contributed by atoms with van der Waals surface area (Å²) >= 11 is 0. The molecule has 3 atom stereocenters. The van der Waals surface area contributed by atoms with Gasteiger partial charge < -0.3 is 29.4 Å². The van der Waals surface area contributed by atoms with Crippen molar-refractivity contribution in [3.63, 3.8) is 0 Å². The van der Waals surface area contributed by atoms with E-state index in [1.165, 1.54) is 16.4 Å². The average molecular weight is 798 g/mol. The molecule has 0 radical (unpaired) electrons. The standard InChI is InChI=1S/C37H63N3O10SSi2/c1-28(2)25-39(51(45,46)30-17-18-33(32(24-30)40(43)44)49-26-47-19-21-52(6,7)8)35(37(3,4)5)34(50-27-48-20-22-53(9,10)11)31(38-36(41)42)23-29-15-13-12-14-16-29/h12-18,24,28,31,34-35,38H,19-23,25-27H2,1-11H3,(H,41,42)/t31-,34+,35?/m0/s1. The van der Waals surface area contributed by atoms with Gasteiger partial charge in [0.25, 0.3) is 0 Å². The van der Waals surface area contributed by atoms with Crippen molar-refractivity contribution >= 4 is 38.0 Å². The van der Waals surface area contributed by atoms with Crippen molar-refractivity contribution in [3.8, 4) is 5.75 Å². The summed E-state index contributed by atoms with van der Waals surface area (Å²) in [5.41, 5.74) is -0.529. The van der Waals surface area contributed by atoms with Crippen LogP contribution >= 0.6 is 0 Å². The average Bonchev–Trinajstić information content (AvgIpc) is 3.01. The smallest absolute Gasteiger partial charge is 0.404 e. The van der Waals surface area contributed by atoms with Gasteiger partial charge in [0.2, 0.25) is 10.0 Å². The minimum Gasteiger partial charge on any atom is -0.465 e. The Hall–Kier alpha value is -2.87. The number of carbonyl (C=O) groups is 1. The maximum atomic E-state index is 14.9. The Morgan fingerprint density at radius 3 is 2.00 bits per heavy atom. The molecule has 2 rings (SSSR count). The van der Waals surface area contributed by atoms with Crippen LogP contribution in [0, 0.1) is 21.4 Å². The number of hydrogen-bond acceptors (Lipinski definition) is 9. The Morgan fingerprint density at radius 1 is 0.943 bits per heavy atom. The van der Waals surface area contributed by atoms with Gasteiger partial charge in [-0.05, 0) is 47.5 Å². The molecule has 0 bridgehead atoms. The zero-order valence-corrected chi connectivity index (χ0v) is 36.3. The maximum absolute atomic E-state index is 14.9. The number of ether oxygens (including phenoxy) is 4. The number of nitrogens with zero attached hydrogens (tertiary/aromatic N) is 2. The lowest BCUT2D eigenvalue weighted by Crippen LogP contribution is -2.62. The van der Waals surface area contributed by atoms with Crippen molar-refractivity contribution in [1.82, 2.24) is 9.62 Å². The van der Waals surface area contributed by atoms with Crippen LogP contribution in [-0.4, -0.2) is 96.5 Å². The predicted molar refractivity (Wildman–Crippen MR) is 214 cm³/mol. The molecule has 16 heteroatoms. The van der Waals surface area contributed by atoms with E-state index in [9.17, 15) is 28.4 Å². The molecule has 0 spiro atoms. The maximum Gasteiger partial charge on any atom is 0.404 e. The molecule has 2 aromatic rings. The molecular weight excluding hydrogens is 735 g/mol. The molecule has 0 aliphatic heterocycles. The molecular formula is C37H63N3O10SSi2. The molecule has 0 saturated carbocycles. The van der Waals surface area contributed by atoms with E-state index >= 15 is 0 Å². The van der Waals surface area contributed by atoms with Crippen LogP contribution in [0.5, 0.6) is 5.75 Å². The van der Waals surface area contributed by atoms with E-state index in [-0.39, 0.29) is 43.1 Å². The largest absolute Gasteiger partial charge is 0.465 e. The van der Waals surface area contributed by atoms with Crippen LogP contribution in [0.3, 0.4) is 0 Å². The molecule has 2 N–H and O–H groups in total. The Bertz CT molecular complexity index is 1560. The highest BCUT2D eigenvalue weighted by molar-refractivity contribution is 7.89. The van der Waals surface area contributed by atoms with Crippen molar-refractivity contribution < 1.29 is 42.2 Å². The Labute approximate surface area is 319 Å². The fraction of sp³-hybridized carbons (Fsp3) is 0.649. The molecule has 300 valence electrons.